The van der Waals surface area contributed by atoms with E-state index in [9.17, 15) is 45.3 Å². The second-order valence-electron chi connectivity index (χ2n) is 17.6. The summed E-state index contributed by atoms with van der Waals surface area (Å²) in [5.41, 5.74) is 0. The maximum atomic E-state index is 13.0. The topological polar surface area (TPSA) is 231 Å². The Balaban J connectivity index is 1.84. The minimum Gasteiger partial charge on any atom is -0.462 e. The summed E-state index contributed by atoms with van der Waals surface area (Å²) in [5.74, 6) is -0.967. The first-order chi connectivity index (χ1) is 31.5. The van der Waals surface area contributed by atoms with Crippen LogP contribution in [0.3, 0.4) is 0 Å². The molecule has 2 rings (SSSR count). The minimum atomic E-state index is -1.77. The molecule has 378 valence electrons. The van der Waals surface area contributed by atoms with Gasteiger partial charge >= 0.3 is 11.9 Å². The van der Waals surface area contributed by atoms with Crippen LogP contribution in [0.1, 0.15) is 174 Å². The summed E-state index contributed by atoms with van der Waals surface area (Å²) in [4.78, 5) is 25.7. The SMILES string of the molecule is CCCCC/C=C/C/C=C/C/C=C/CCCCC(=O)O[C@H](COC(=O)CCCCCCCCCCCCCCCC)CO[C@@H]1O[C@H](CO[C@@H]2O[C@H](CO)[C@H](O)C(O)C2O)[C@H](O)C(O)C1O. The van der Waals surface area contributed by atoms with Gasteiger partial charge in [0.25, 0.3) is 0 Å². The number of hydrogen-bond acceptors (Lipinski definition) is 15. The number of hydrogen-bond donors (Lipinski definition) is 7. The predicted molar refractivity (Wildman–Crippen MR) is 247 cm³/mol. The van der Waals surface area contributed by atoms with E-state index >= 15 is 0 Å². The molecule has 65 heavy (non-hydrogen) atoms. The van der Waals surface area contributed by atoms with Crippen molar-refractivity contribution >= 4 is 11.9 Å². The van der Waals surface area contributed by atoms with Crippen molar-refractivity contribution in [2.24, 2.45) is 0 Å². The maximum Gasteiger partial charge on any atom is 0.306 e. The number of carbonyl (C=O) groups excluding carboxylic acids is 2. The van der Waals surface area contributed by atoms with Crippen LogP contribution < -0.4 is 0 Å². The summed E-state index contributed by atoms with van der Waals surface area (Å²) in [6.45, 7) is 2.52. The largest absolute Gasteiger partial charge is 0.462 e. The molecule has 0 amide bonds. The van der Waals surface area contributed by atoms with Crippen LogP contribution in [0.5, 0.6) is 0 Å². The number of allylic oxidation sites excluding steroid dienone is 6. The Morgan fingerprint density at radius 1 is 0.492 bits per heavy atom. The van der Waals surface area contributed by atoms with E-state index in [1.54, 1.807) is 0 Å². The van der Waals surface area contributed by atoms with Crippen LogP contribution in [-0.2, 0) is 38.0 Å². The lowest BCUT2D eigenvalue weighted by Gasteiger charge is -2.42. The van der Waals surface area contributed by atoms with E-state index in [-0.39, 0.29) is 19.4 Å². The van der Waals surface area contributed by atoms with Gasteiger partial charge < -0.3 is 64.2 Å². The van der Waals surface area contributed by atoms with Gasteiger partial charge in [-0.1, -0.05) is 147 Å². The van der Waals surface area contributed by atoms with Gasteiger partial charge in [-0.2, -0.15) is 0 Å². The molecule has 2 aliphatic rings. The van der Waals surface area contributed by atoms with E-state index in [0.717, 1.165) is 51.4 Å². The van der Waals surface area contributed by atoms with Gasteiger partial charge in [-0.3, -0.25) is 9.59 Å². The van der Waals surface area contributed by atoms with Crippen molar-refractivity contribution in [2.75, 3.05) is 26.4 Å². The van der Waals surface area contributed by atoms with Crippen LogP contribution in [0.25, 0.3) is 0 Å². The minimum absolute atomic E-state index is 0.118. The fraction of sp³-hybridized carbons (Fsp3) is 0.840. The second-order valence-corrected chi connectivity index (χ2v) is 17.6. The molecule has 0 aromatic carbocycles. The molecule has 0 radical (unpaired) electrons. The number of rotatable bonds is 38. The van der Waals surface area contributed by atoms with E-state index < -0.39 is 99.3 Å². The zero-order chi connectivity index (χ0) is 47.5. The molecule has 7 N–H and O–H groups in total. The van der Waals surface area contributed by atoms with Gasteiger partial charge in [0.1, 0.15) is 55.4 Å². The van der Waals surface area contributed by atoms with E-state index in [4.69, 9.17) is 28.4 Å². The van der Waals surface area contributed by atoms with Crippen molar-refractivity contribution < 1.29 is 73.8 Å². The summed E-state index contributed by atoms with van der Waals surface area (Å²) >= 11 is 0. The average molecular weight is 929 g/mol. The van der Waals surface area contributed by atoms with Gasteiger partial charge in [0.15, 0.2) is 18.7 Å². The van der Waals surface area contributed by atoms with E-state index in [1.807, 2.05) is 0 Å². The number of esters is 2. The van der Waals surface area contributed by atoms with E-state index in [1.165, 1.54) is 83.5 Å². The van der Waals surface area contributed by atoms with Gasteiger partial charge in [0, 0.05) is 12.8 Å². The fourth-order valence-corrected chi connectivity index (χ4v) is 7.69. The molecule has 2 fully saturated rings. The highest BCUT2D eigenvalue weighted by atomic mass is 16.7. The third-order valence-electron chi connectivity index (χ3n) is 11.9. The van der Waals surface area contributed by atoms with Gasteiger partial charge in [-0.15, -0.1) is 0 Å². The summed E-state index contributed by atoms with van der Waals surface area (Å²) < 4.78 is 33.5. The molecule has 2 aliphatic heterocycles. The summed E-state index contributed by atoms with van der Waals surface area (Å²) in [7, 11) is 0. The molecule has 15 heteroatoms. The normalized spacial score (nSPS) is 26.7. The van der Waals surface area contributed by atoms with Crippen molar-refractivity contribution in [3.05, 3.63) is 36.5 Å². The first kappa shape index (κ1) is 58.8. The number of aliphatic hydroxyl groups is 7. The monoisotopic (exact) mass is 929 g/mol. The van der Waals surface area contributed by atoms with Gasteiger partial charge in [-0.05, 0) is 51.4 Å². The number of carbonyl (C=O) groups is 2. The van der Waals surface area contributed by atoms with Crippen molar-refractivity contribution in [1.82, 2.24) is 0 Å². The Morgan fingerprint density at radius 3 is 1.48 bits per heavy atom. The molecule has 0 bridgehead atoms. The van der Waals surface area contributed by atoms with Crippen LogP contribution in [0.2, 0.25) is 0 Å². The molecular formula is C50H88O15. The van der Waals surface area contributed by atoms with Crippen molar-refractivity contribution in [2.45, 2.75) is 242 Å². The van der Waals surface area contributed by atoms with Crippen LogP contribution in [0.4, 0.5) is 0 Å². The lowest BCUT2D eigenvalue weighted by atomic mass is 9.98. The van der Waals surface area contributed by atoms with Gasteiger partial charge in [-0.25, -0.2) is 0 Å². The quantitative estimate of drug-likeness (QED) is 0.0198. The van der Waals surface area contributed by atoms with E-state index in [0.29, 0.717) is 12.8 Å². The van der Waals surface area contributed by atoms with Crippen molar-refractivity contribution in [3.63, 3.8) is 0 Å². The highest BCUT2D eigenvalue weighted by Gasteiger charge is 2.47. The summed E-state index contributed by atoms with van der Waals surface area (Å²) in [6.07, 6.45) is 21.8. The maximum absolute atomic E-state index is 13.0. The zero-order valence-electron chi connectivity index (χ0n) is 39.7. The Labute approximate surface area is 389 Å². The molecule has 2 saturated heterocycles. The molecule has 0 spiro atoms. The second kappa shape index (κ2) is 37.7. The number of aliphatic hydroxyl groups excluding tert-OH is 7. The molecule has 0 aliphatic carbocycles. The molecule has 4 unspecified atom stereocenters. The zero-order valence-corrected chi connectivity index (χ0v) is 39.7. The smallest absolute Gasteiger partial charge is 0.306 e. The highest BCUT2D eigenvalue weighted by molar-refractivity contribution is 5.70. The highest BCUT2D eigenvalue weighted by Crippen LogP contribution is 2.26. The Hall–Kier alpha value is -2.28. The van der Waals surface area contributed by atoms with Gasteiger partial charge in [0.05, 0.1) is 19.8 Å². The Bertz CT molecular complexity index is 1280. The van der Waals surface area contributed by atoms with Crippen molar-refractivity contribution in [3.8, 4) is 0 Å². The standard InChI is InChI=1S/C50H88O15/c1-3-5-7-9-11-13-15-17-19-21-23-25-27-29-31-33-42(53)63-38(35-60-41(52)32-30-28-26-24-22-20-18-16-14-12-10-8-6-4-2)36-61-49-48(59)46(57)44(55)40(65-49)37-62-50-47(58)45(56)43(54)39(34-51)64-50/h11,13,17,19,23,25,38-40,43-51,54-59H,3-10,12,14-16,18,20-22,24,26-37H2,1-2H3/b13-11+,19-17+,25-23+/t38-,39-,40-,43+,44+,45?,46?,47?,48?,49-,50-/m1/s1. The van der Waals surface area contributed by atoms with Crippen LogP contribution >= 0.6 is 0 Å². The lowest BCUT2D eigenvalue weighted by molar-refractivity contribution is -0.332. The molecule has 11 atom stereocenters. The van der Waals surface area contributed by atoms with Crippen LogP contribution in [0, 0.1) is 0 Å². The molecule has 2 heterocycles. The number of unbranched alkanes of at least 4 members (excludes halogenated alkanes) is 18. The predicted octanol–water partition coefficient (Wildman–Crippen LogP) is 6.54. The van der Waals surface area contributed by atoms with Gasteiger partial charge in [0.2, 0.25) is 0 Å². The Kier molecular flexibility index (Phi) is 34.1. The summed E-state index contributed by atoms with van der Waals surface area (Å²) in [6, 6.07) is 0. The third-order valence-corrected chi connectivity index (χ3v) is 11.9. The first-order valence-corrected chi connectivity index (χ1v) is 25.1. The van der Waals surface area contributed by atoms with E-state index in [2.05, 4.69) is 50.3 Å². The fourth-order valence-electron chi connectivity index (χ4n) is 7.69. The molecule has 15 nitrogen and oxygen atoms in total. The molecule has 0 aromatic heterocycles. The molecule has 0 aromatic rings. The van der Waals surface area contributed by atoms with Crippen LogP contribution in [-0.4, -0.2) is 142 Å². The molecule has 0 saturated carbocycles. The van der Waals surface area contributed by atoms with Crippen LogP contribution in [0.15, 0.2) is 36.5 Å². The molecular weight excluding hydrogens is 841 g/mol. The number of ether oxygens (including phenoxy) is 6. The third kappa shape index (κ3) is 26.2. The summed E-state index contributed by atoms with van der Waals surface area (Å²) in [5, 5.41) is 72.0. The van der Waals surface area contributed by atoms with Crippen molar-refractivity contribution in [1.29, 1.82) is 0 Å². The lowest BCUT2D eigenvalue weighted by Crippen LogP contribution is -2.61. The Morgan fingerprint density at radius 2 is 0.923 bits per heavy atom. The average Bonchev–Trinajstić information content (AvgIpc) is 3.30. The first-order valence-electron chi connectivity index (χ1n) is 25.1.